The lowest BCUT2D eigenvalue weighted by molar-refractivity contribution is -0.119. The molecule has 0 fully saturated rings. The number of nitrogens with zero attached hydrogens (tertiary/aromatic N) is 1. The molecule has 25 heavy (non-hydrogen) atoms. The van der Waals surface area contributed by atoms with Crippen LogP contribution >= 0.6 is 0 Å². The molecule has 134 valence electrons. The van der Waals surface area contributed by atoms with Gasteiger partial charge in [-0.3, -0.25) is 9.10 Å². The van der Waals surface area contributed by atoms with Gasteiger partial charge in [-0.15, -0.1) is 0 Å². The molecule has 0 radical (unpaired) electrons. The monoisotopic (exact) mass is 364 g/mol. The third kappa shape index (κ3) is 5.86. The smallest absolute Gasteiger partial charge is 0.240 e. The minimum absolute atomic E-state index is 0.286. The lowest BCUT2D eigenvalue weighted by atomic mass is 10.1. The molecule has 0 saturated heterocycles. The third-order valence-corrected chi connectivity index (χ3v) is 4.80. The molecular weight excluding hydrogens is 343 g/mol. The molecule has 0 aliphatic rings. The number of nitrogens with one attached hydrogen (secondary N) is 1. The number of sulfonamides is 1. The van der Waals surface area contributed by atoms with Crippen LogP contribution < -0.4 is 9.62 Å². The van der Waals surface area contributed by atoms with E-state index >= 15 is 0 Å². The van der Waals surface area contributed by atoms with E-state index in [1.165, 1.54) is 12.1 Å². The first kappa shape index (κ1) is 18.9. The van der Waals surface area contributed by atoms with Gasteiger partial charge in [0.2, 0.25) is 15.9 Å². The highest BCUT2D eigenvalue weighted by Crippen LogP contribution is 2.17. The van der Waals surface area contributed by atoms with Crippen LogP contribution in [-0.4, -0.2) is 33.7 Å². The second-order valence-electron chi connectivity index (χ2n) is 5.83. The molecule has 5 nitrogen and oxygen atoms in total. The molecule has 2 rings (SSSR count). The second kappa shape index (κ2) is 8.11. The molecule has 0 bridgehead atoms. The topological polar surface area (TPSA) is 66.5 Å². The van der Waals surface area contributed by atoms with Gasteiger partial charge in [0.1, 0.15) is 12.4 Å². The van der Waals surface area contributed by atoms with Crippen LogP contribution in [0.2, 0.25) is 0 Å². The molecule has 0 heterocycles. The largest absolute Gasteiger partial charge is 0.354 e. The number of carbonyl (C=O) groups excluding carboxylic acids is 1. The van der Waals surface area contributed by atoms with Crippen LogP contribution in [0, 0.1) is 12.7 Å². The first-order valence-corrected chi connectivity index (χ1v) is 9.66. The van der Waals surface area contributed by atoms with E-state index in [2.05, 4.69) is 5.32 Å². The van der Waals surface area contributed by atoms with E-state index in [9.17, 15) is 17.6 Å². The van der Waals surface area contributed by atoms with Crippen LogP contribution in [0.15, 0.2) is 48.5 Å². The van der Waals surface area contributed by atoms with Gasteiger partial charge >= 0.3 is 0 Å². The van der Waals surface area contributed by atoms with Crippen molar-refractivity contribution in [2.45, 2.75) is 13.3 Å². The lowest BCUT2D eigenvalue weighted by Crippen LogP contribution is -2.40. The standard InChI is InChI=1S/C18H21FN2O3S/c1-14-3-9-17(10-4-14)21(25(2,23)24)13-18(22)20-12-11-15-5-7-16(19)8-6-15/h3-10H,11-13H2,1-2H3,(H,20,22). The molecule has 0 aromatic heterocycles. The first-order valence-electron chi connectivity index (χ1n) is 7.81. The number of anilines is 1. The van der Waals surface area contributed by atoms with E-state index in [4.69, 9.17) is 0 Å². The van der Waals surface area contributed by atoms with Crippen molar-refractivity contribution >= 4 is 21.6 Å². The van der Waals surface area contributed by atoms with E-state index in [0.717, 1.165) is 21.7 Å². The van der Waals surface area contributed by atoms with Crippen LogP contribution in [0.25, 0.3) is 0 Å². The predicted molar refractivity (Wildman–Crippen MR) is 96.5 cm³/mol. The van der Waals surface area contributed by atoms with E-state index in [0.29, 0.717) is 18.7 Å². The van der Waals surface area contributed by atoms with Crippen molar-refractivity contribution in [2.24, 2.45) is 0 Å². The summed E-state index contributed by atoms with van der Waals surface area (Å²) in [6, 6.07) is 12.9. The normalized spacial score (nSPS) is 11.2. The predicted octanol–water partition coefficient (Wildman–Crippen LogP) is 2.26. The van der Waals surface area contributed by atoms with Crippen molar-refractivity contribution in [2.75, 3.05) is 23.7 Å². The van der Waals surface area contributed by atoms with Gasteiger partial charge in [-0.05, 0) is 43.2 Å². The number of aryl methyl sites for hydroxylation is 1. The fourth-order valence-electron chi connectivity index (χ4n) is 2.29. The van der Waals surface area contributed by atoms with E-state index in [-0.39, 0.29) is 12.4 Å². The van der Waals surface area contributed by atoms with Gasteiger partial charge in [0.05, 0.1) is 11.9 Å². The number of benzene rings is 2. The minimum Gasteiger partial charge on any atom is -0.354 e. The van der Waals surface area contributed by atoms with Crippen LogP contribution in [0.1, 0.15) is 11.1 Å². The summed E-state index contributed by atoms with van der Waals surface area (Å²) in [5, 5.41) is 2.69. The van der Waals surface area contributed by atoms with E-state index in [1.54, 1.807) is 36.4 Å². The van der Waals surface area contributed by atoms with Crippen LogP contribution in [-0.2, 0) is 21.2 Å². The van der Waals surface area contributed by atoms with Crippen molar-refractivity contribution in [1.29, 1.82) is 0 Å². The average molecular weight is 364 g/mol. The lowest BCUT2D eigenvalue weighted by Gasteiger charge is -2.22. The van der Waals surface area contributed by atoms with Crippen molar-refractivity contribution in [1.82, 2.24) is 5.32 Å². The Labute approximate surface area is 147 Å². The fraction of sp³-hybridized carbons (Fsp3) is 0.278. The van der Waals surface area contributed by atoms with Crippen LogP contribution in [0.3, 0.4) is 0 Å². The Balaban J connectivity index is 1.95. The summed E-state index contributed by atoms with van der Waals surface area (Å²) in [5.74, 6) is -0.706. The summed E-state index contributed by atoms with van der Waals surface area (Å²) in [5.41, 5.74) is 2.34. The number of amides is 1. The summed E-state index contributed by atoms with van der Waals surface area (Å²) < 4.78 is 37.9. The quantitative estimate of drug-likeness (QED) is 0.819. The molecule has 1 amide bonds. The summed E-state index contributed by atoms with van der Waals surface area (Å²) >= 11 is 0. The van der Waals surface area contributed by atoms with Gasteiger partial charge < -0.3 is 5.32 Å². The molecule has 0 aliphatic carbocycles. The Bertz CT molecular complexity index is 818. The summed E-state index contributed by atoms with van der Waals surface area (Å²) in [4.78, 5) is 12.1. The van der Waals surface area contributed by atoms with Gasteiger partial charge in [-0.2, -0.15) is 0 Å². The molecule has 0 spiro atoms. The highest BCUT2D eigenvalue weighted by molar-refractivity contribution is 7.92. The highest BCUT2D eigenvalue weighted by atomic mass is 32.2. The van der Waals surface area contributed by atoms with Crippen LogP contribution in [0.5, 0.6) is 0 Å². The highest BCUT2D eigenvalue weighted by Gasteiger charge is 2.20. The van der Waals surface area contributed by atoms with Crippen molar-refractivity contribution in [3.8, 4) is 0 Å². The Kier molecular flexibility index (Phi) is 6.14. The molecule has 2 aromatic rings. The molecule has 2 aromatic carbocycles. The molecule has 1 N–H and O–H groups in total. The first-order chi connectivity index (χ1) is 11.8. The van der Waals surface area contributed by atoms with Crippen molar-refractivity contribution in [3.63, 3.8) is 0 Å². The zero-order valence-electron chi connectivity index (χ0n) is 14.2. The average Bonchev–Trinajstić information content (AvgIpc) is 2.54. The summed E-state index contributed by atoms with van der Waals surface area (Å²) in [6.07, 6.45) is 1.61. The van der Waals surface area contributed by atoms with Gasteiger partial charge in [0.25, 0.3) is 0 Å². The molecule has 0 aliphatic heterocycles. The molecular formula is C18H21FN2O3S. The Morgan fingerprint density at radius 2 is 1.68 bits per heavy atom. The zero-order valence-corrected chi connectivity index (χ0v) is 15.0. The third-order valence-electron chi connectivity index (χ3n) is 3.66. The van der Waals surface area contributed by atoms with Gasteiger partial charge in [-0.1, -0.05) is 29.8 Å². The number of carbonyl (C=O) groups is 1. The van der Waals surface area contributed by atoms with Crippen molar-refractivity contribution in [3.05, 3.63) is 65.5 Å². The maximum absolute atomic E-state index is 12.8. The molecule has 0 saturated carbocycles. The number of halogens is 1. The van der Waals surface area contributed by atoms with E-state index < -0.39 is 15.9 Å². The van der Waals surface area contributed by atoms with Crippen molar-refractivity contribution < 1.29 is 17.6 Å². The Morgan fingerprint density at radius 3 is 2.24 bits per heavy atom. The Morgan fingerprint density at radius 1 is 1.08 bits per heavy atom. The fourth-order valence-corrected chi connectivity index (χ4v) is 3.15. The van der Waals surface area contributed by atoms with Crippen LogP contribution in [0.4, 0.5) is 10.1 Å². The maximum atomic E-state index is 12.8. The molecule has 7 heteroatoms. The Hall–Kier alpha value is -2.41. The van der Waals surface area contributed by atoms with Gasteiger partial charge in [0.15, 0.2) is 0 Å². The summed E-state index contributed by atoms with van der Waals surface area (Å²) in [6.45, 7) is 1.96. The number of rotatable bonds is 7. The maximum Gasteiger partial charge on any atom is 0.240 e. The molecule has 0 unspecified atom stereocenters. The number of hydrogen-bond donors (Lipinski definition) is 1. The SMILES string of the molecule is Cc1ccc(N(CC(=O)NCCc2ccc(F)cc2)S(C)(=O)=O)cc1. The van der Waals surface area contributed by atoms with E-state index in [1.807, 2.05) is 6.92 Å². The number of hydrogen-bond acceptors (Lipinski definition) is 3. The second-order valence-corrected chi connectivity index (χ2v) is 7.74. The molecule has 0 atom stereocenters. The zero-order chi connectivity index (χ0) is 18.4. The summed E-state index contributed by atoms with van der Waals surface area (Å²) in [7, 11) is -3.58. The van der Waals surface area contributed by atoms with Gasteiger partial charge in [0, 0.05) is 6.54 Å². The van der Waals surface area contributed by atoms with Gasteiger partial charge in [-0.25, -0.2) is 12.8 Å². The minimum atomic E-state index is -3.58.